The summed E-state index contributed by atoms with van der Waals surface area (Å²) in [5.74, 6) is -0.804. The molecule has 3 rings (SSSR count). The van der Waals surface area contributed by atoms with Crippen LogP contribution in [0.2, 0.25) is 0 Å². The van der Waals surface area contributed by atoms with Crippen LogP contribution in [0.25, 0.3) is 0 Å². The Labute approximate surface area is 132 Å². The van der Waals surface area contributed by atoms with E-state index in [4.69, 9.17) is 0 Å². The van der Waals surface area contributed by atoms with Crippen LogP contribution in [0.4, 0.5) is 4.39 Å². The lowest BCUT2D eigenvalue weighted by molar-refractivity contribution is 0.0251. The first-order valence-corrected chi connectivity index (χ1v) is 9.32. The molecule has 1 aromatic heterocycles. The van der Waals surface area contributed by atoms with Crippen LogP contribution in [-0.2, 0) is 22.0 Å². The molecule has 0 aliphatic heterocycles. The molecule has 1 aromatic carbocycles. The lowest BCUT2D eigenvalue weighted by atomic mass is 9.83. The third kappa shape index (κ3) is 2.81. The van der Waals surface area contributed by atoms with Gasteiger partial charge in [0.15, 0.2) is 0 Å². The monoisotopic (exact) mass is 341 g/mol. The van der Waals surface area contributed by atoms with Gasteiger partial charge in [0.2, 0.25) is 10.0 Å². The molecule has 0 amide bonds. The van der Waals surface area contributed by atoms with Crippen molar-refractivity contribution in [2.24, 2.45) is 0 Å². The number of aryl methyl sites for hydroxylation is 1. The highest BCUT2D eigenvalue weighted by Crippen LogP contribution is 2.37. The van der Waals surface area contributed by atoms with Gasteiger partial charge in [-0.2, -0.15) is 0 Å². The molecular formula is C15H16FNO3S2. The molecule has 1 heterocycles. The predicted octanol–water partition coefficient (Wildman–Crippen LogP) is 2.39. The molecule has 22 heavy (non-hydrogen) atoms. The minimum absolute atomic E-state index is 0.159. The maximum atomic E-state index is 13.7. The van der Waals surface area contributed by atoms with Crippen molar-refractivity contribution in [3.05, 3.63) is 52.0 Å². The van der Waals surface area contributed by atoms with Crippen molar-refractivity contribution in [2.75, 3.05) is 6.54 Å². The lowest BCUT2D eigenvalue weighted by Gasteiger charge is -2.32. The molecule has 118 valence electrons. The number of rotatable bonds is 4. The Hall–Kier alpha value is -1.28. The second kappa shape index (κ2) is 5.73. The van der Waals surface area contributed by atoms with Gasteiger partial charge in [0, 0.05) is 11.4 Å². The van der Waals surface area contributed by atoms with Gasteiger partial charge < -0.3 is 5.11 Å². The van der Waals surface area contributed by atoms with E-state index >= 15 is 0 Å². The Balaban J connectivity index is 1.83. The molecular weight excluding hydrogens is 325 g/mol. The van der Waals surface area contributed by atoms with Crippen molar-refractivity contribution in [3.63, 3.8) is 0 Å². The van der Waals surface area contributed by atoms with Gasteiger partial charge in [-0.05, 0) is 48.4 Å². The molecule has 0 spiro atoms. The van der Waals surface area contributed by atoms with E-state index in [1.165, 1.54) is 18.2 Å². The van der Waals surface area contributed by atoms with Crippen LogP contribution in [0.3, 0.4) is 0 Å². The van der Waals surface area contributed by atoms with Crippen LogP contribution in [-0.4, -0.2) is 20.1 Å². The molecule has 0 saturated heterocycles. The van der Waals surface area contributed by atoms with E-state index in [9.17, 15) is 17.9 Å². The molecule has 4 nitrogen and oxygen atoms in total. The summed E-state index contributed by atoms with van der Waals surface area (Å²) < 4.78 is 40.5. The molecule has 0 fully saturated rings. The molecule has 2 N–H and O–H groups in total. The Morgan fingerprint density at radius 1 is 1.32 bits per heavy atom. The molecule has 0 saturated carbocycles. The largest absolute Gasteiger partial charge is 0.384 e. The Morgan fingerprint density at radius 3 is 2.86 bits per heavy atom. The molecule has 7 heteroatoms. The SMILES string of the molecule is O=S(=O)(NCC1(O)CCCc2sccc21)c1ccccc1F. The van der Waals surface area contributed by atoms with Crippen LogP contribution in [0.1, 0.15) is 23.3 Å². The number of sulfonamides is 1. The van der Waals surface area contributed by atoms with Crippen LogP contribution >= 0.6 is 11.3 Å². The summed E-state index contributed by atoms with van der Waals surface area (Å²) in [7, 11) is -4.00. The summed E-state index contributed by atoms with van der Waals surface area (Å²) in [4.78, 5) is 0.679. The Morgan fingerprint density at radius 2 is 2.09 bits per heavy atom. The minimum atomic E-state index is -4.00. The van der Waals surface area contributed by atoms with Crippen molar-refractivity contribution in [3.8, 4) is 0 Å². The second-order valence-electron chi connectivity index (χ2n) is 5.40. The van der Waals surface area contributed by atoms with Gasteiger partial charge in [0.25, 0.3) is 0 Å². The second-order valence-corrected chi connectivity index (χ2v) is 8.13. The fourth-order valence-electron chi connectivity index (χ4n) is 2.76. The first-order valence-electron chi connectivity index (χ1n) is 6.96. The molecule has 0 radical (unpaired) electrons. The van der Waals surface area contributed by atoms with Gasteiger partial charge in [0.05, 0.1) is 0 Å². The molecule has 1 atom stereocenters. The number of fused-ring (bicyclic) bond motifs is 1. The highest BCUT2D eigenvalue weighted by molar-refractivity contribution is 7.89. The summed E-state index contributed by atoms with van der Waals surface area (Å²) in [6.45, 7) is -0.159. The minimum Gasteiger partial charge on any atom is -0.384 e. The normalized spacial score (nSPS) is 21.5. The van der Waals surface area contributed by atoms with E-state index in [0.29, 0.717) is 6.42 Å². The number of halogens is 1. The number of benzene rings is 1. The third-order valence-corrected chi connectivity index (χ3v) is 6.34. The predicted molar refractivity (Wildman–Crippen MR) is 82.7 cm³/mol. The van der Waals surface area contributed by atoms with Crippen LogP contribution in [0.15, 0.2) is 40.6 Å². The topological polar surface area (TPSA) is 66.4 Å². The number of hydrogen-bond donors (Lipinski definition) is 2. The third-order valence-electron chi connectivity index (χ3n) is 3.92. The highest BCUT2D eigenvalue weighted by Gasteiger charge is 2.36. The van der Waals surface area contributed by atoms with E-state index in [1.54, 1.807) is 11.3 Å². The summed E-state index contributed by atoms with van der Waals surface area (Å²) >= 11 is 1.56. The van der Waals surface area contributed by atoms with Crippen LogP contribution in [0, 0.1) is 5.82 Å². The first-order chi connectivity index (χ1) is 10.4. The number of hydrogen-bond acceptors (Lipinski definition) is 4. The molecule has 1 aliphatic carbocycles. The standard InChI is InChI=1S/C15H16FNO3S2/c16-12-4-1-2-6-14(12)22(19,20)17-10-15(18)8-3-5-13-11(15)7-9-21-13/h1-2,4,6-7,9,17-18H,3,5,8,10H2. The maximum Gasteiger partial charge on any atom is 0.243 e. The van der Waals surface area contributed by atoms with Gasteiger partial charge in [-0.3, -0.25) is 0 Å². The van der Waals surface area contributed by atoms with E-state index in [0.717, 1.165) is 29.3 Å². The zero-order valence-electron chi connectivity index (χ0n) is 11.8. The van der Waals surface area contributed by atoms with E-state index in [2.05, 4.69) is 4.72 Å². The Bertz CT molecular complexity index is 788. The van der Waals surface area contributed by atoms with E-state index in [-0.39, 0.29) is 6.54 Å². The fraction of sp³-hybridized carbons (Fsp3) is 0.333. The maximum absolute atomic E-state index is 13.7. The molecule has 1 aliphatic rings. The first kappa shape index (κ1) is 15.6. The Kier molecular flexibility index (Phi) is 4.07. The fourth-order valence-corrected chi connectivity index (χ4v) is 4.95. The molecule has 0 bridgehead atoms. The molecule has 1 unspecified atom stereocenters. The van der Waals surface area contributed by atoms with Gasteiger partial charge in [-0.25, -0.2) is 17.5 Å². The van der Waals surface area contributed by atoms with Gasteiger partial charge in [0.1, 0.15) is 16.3 Å². The van der Waals surface area contributed by atoms with E-state index in [1.807, 2.05) is 11.4 Å². The highest BCUT2D eigenvalue weighted by atomic mass is 32.2. The number of aliphatic hydroxyl groups is 1. The summed E-state index contributed by atoms with van der Waals surface area (Å²) in [6, 6.07) is 7.03. The van der Waals surface area contributed by atoms with Crippen LogP contribution in [0.5, 0.6) is 0 Å². The molecule has 2 aromatic rings. The zero-order chi connectivity index (χ0) is 15.8. The number of thiophene rings is 1. The van der Waals surface area contributed by atoms with Gasteiger partial charge >= 0.3 is 0 Å². The average Bonchev–Trinajstić information content (AvgIpc) is 2.96. The zero-order valence-corrected chi connectivity index (χ0v) is 13.4. The lowest BCUT2D eigenvalue weighted by Crippen LogP contribution is -2.42. The van der Waals surface area contributed by atoms with Crippen molar-refractivity contribution < 1.29 is 17.9 Å². The summed E-state index contributed by atoms with van der Waals surface area (Å²) in [5.41, 5.74) is -0.452. The van der Waals surface area contributed by atoms with E-state index < -0.39 is 26.3 Å². The van der Waals surface area contributed by atoms with Crippen molar-refractivity contribution in [2.45, 2.75) is 29.8 Å². The number of nitrogens with one attached hydrogen (secondary N) is 1. The summed E-state index contributed by atoms with van der Waals surface area (Å²) in [6.07, 6.45) is 2.18. The van der Waals surface area contributed by atoms with Crippen LogP contribution < -0.4 is 4.72 Å². The quantitative estimate of drug-likeness (QED) is 0.897. The van der Waals surface area contributed by atoms with Gasteiger partial charge in [-0.1, -0.05) is 12.1 Å². The van der Waals surface area contributed by atoms with Gasteiger partial charge in [-0.15, -0.1) is 11.3 Å². The smallest absolute Gasteiger partial charge is 0.243 e. The average molecular weight is 341 g/mol. The summed E-state index contributed by atoms with van der Waals surface area (Å²) in [5, 5.41) is 12.7. The van der Waals surface area contributed by atoms with Crippen molar-refractivity contribution in [1.29, 1.82) is 0 Å². The van der Waals surface area contributed by atoms with Crippen molar-refractivity contribution in [1.82, 2.24) is 4.72 Å². The van der Waals surface area contributed by atoms with Crippen molar-refractivity contribution >= 4 is 21.4 Å².